The van der Waals surface area contributed by atoms with Gasteiger partial charge in [0.1, 0.15) is 0 Å². The Morgan fingerprint density at radius 1 is 0.966 bits per heavy atom. The van der Waals surface area contributed by atoms with Crippen LogP contribution in [0, 0.1) is 20.8 Å². The van der Waals surface area contributed by atoms with Gasteiger partial charge in [-0.15, -0.1) is 0 Å². The molecule has 1 aliphatic heterocycles. The lowest BCUT2D eigenvalue weighted by atomic mass is 10.1. The Bertz CT molecular complexity index is 956. The third kappa shape index (κ3) is 5.16. The van der Waals surface area contributed by atoms with Gasteiger partial charge in [0.25, 0.3) is 0 Å². The van der Waals surface area contributed by atoms with Crippen molar-refractivity contribution in [3.8, 4) is 0 Å². The van der Waals surface area contributed by atoms with Crippen LogP contribution in [-0.2, 0) is 14.8 Å². The number of aryl methyl sites for hydroxylation is 3. The molecule has 1 aliphatic rings. The SMILES string of the molecule is Cc1cc(C)c(NC(=O)CNc2ccc(S(=O)(=O)N3CCCCC3)cc2)c(C)c1. The number of benzene rings is 2. The molecule has 1 heterocycles. The van der Waals surface area contributed by atoms with E-state index < -0.39 is 10.0 Å². The third-order valence-electron chi connectivity index (χ3n) is 5.20. The fourth-order valence-corrected chi connectivity index (χ4v) is 5.26. The van der Waals surface area contributed by atoms with Gasteiger partial charge in [-0.1, -0.05) is 24.1 Å². The summed E-state index contributed by atoms with van der Waals surface area (Å²) in [5, 5.41) is 6.00. The summed E-state index contributed by atoms with van der Waals surface area (Å²) in [7, 11) is -3.44. The zero-order chi connectivity index (χ0) is 21.0. The number of nitrogens with zero attached hydrogens (tertiary/aromatic N) is 1. The molecule has 1 fully saturated rings. The van der Waals surface area contributed by atoms with Crippen molar-refractivity contribution < 1.29 is 13.2 Å². The largest absolute Gasteiger partial charge is 0.376 e. The van der Waals surface area contributed by atoms with E-state index in [9.17, 15) is 13.2 Å². The molecule has 0 bridgehead atoms. The van der Waals surface area contributed by atoms with Gasteiger partial charge in [-0.25, -0.2) is 8.42 Å². The lowest BCUT2D eigenvalue weighted by Crippen LogP contribution is -2.35. The minimum Gasteiger partial charge on any atom is -0.376 e. The van der Waals surface area contributed by atoms with Crippen LogP contribution in [-0.4, -0.2) is 38.3 Å². The fraction of sp³-hybridized carbons (Fsp3) is 0.409. The van der Waals surface area contributed by atoms with E-state index in [1.165, 1.54) is 0 Å². The van der Waals surface area contributed by atoms with Crippen LogP contribution in [0.5, 0.6) is 0 Å². The van der Waals surface area contributed by atoms with Crippen LogP contribution < -0.4 is 10.6 Å². The van der Waals surface area contributed by atoms with Crippen LogP contribution in [0.2, 0.25) is 0 Å². The number of amides is 1. The fourth-order valence-electron chi connectivity index (χ4n) is 3.74. The Labute approximate surface area is 173 Å². The van der Waals surface area contributed by atoms with E-state index in [1.54, 1.807) is 28.6 Å². The highest BCUT2D eigenvalue weighted by atomic mass is 32.2. The molecule has 3 rings (SSSR count). The number of anilines is 2. The zero-order valence-corrected chi connectivity index (χ0v) is 18.1. The van der Waals surface area contributed by atoms with Crippen molar-refractivity contribution in [2.24, 2.45) is 0 Å². The van der Waals surface area contributed by atoms with E-state index >= 15 is 0 Å². The van der Waals surface area contributed by atoms with Gasteiger partial charge in [-0.2, -0.15) is 4.31 Å². The summed E-state index contributed by atoms with van der Waals surface area (Å²) in [5.74, 6) is -0.148. The maximum absolute atomic E-state index is 12.7. The third-order valence-corrected chi connectivity index (χ3v) is 7.11. The molecule has 1 amide bonds. The van der Waals surface area contributed by atoms with E-state index in [4.69, 9.17) is 0 Å². The van der Waals surface area contributed by atoms with Gasteiger partial charge < -0.3 is 10.6 Å². The molecular formula is C22H29N3O3S. The molecule has 0 aliphatic carbocycles. The summed E-state index contributed by atoms with van der Waals surface area (Å²) < 4.78 is 26.9. The number of carbonyl (C=O) groups is 1. The molecule has 0 atom stereocenters. The average molecular weight is 416 g/mol. The van der Waals surface area contributed by atoms with E-state index in [-0.39, 0.29) is 12.5 Å². The molecule has 0 saturated carbocycles. The van der Waals surface area contributed by atoms with Gasteiger partial charge in [-0.3, -0.25) is 4.79 Å². The summed E-state index contributed by atoms with van der Waals surface area (Å²) in [6.45, 7) is 7.25. The first kappa shape index (κ1) is 21.3. The first-order valence-electron chi connectivity index (χ1n) is 9.99. The highest BCUT2D eigenvalue weighted by Crippen LogP contribution is 2.23. The van der Waals surface area contributed by atoms with E-state index in [2.05, 4.69) is 10.6 Å². The second kappa shape index (κ2) is 8.97. The van der Waals surface area contributed by atoms with Gasteiger partial charge in [-0.05, 0) is 69.0 Å². The second-order valence-electron chi connectivity index (χ2n) is 7.66. The van der Waals surface area contributed by atoms with Crippen molar-refractivity contribution in [3.63, 3.8) is 0 Å². The molecule has 2 aromatic rings. The zero-order valence-electron chi connectivity index (χ0n) is 17.3. The lowest BCUT2D eigenvalue weighted by Gasteiger charge is -2.25. The molecule has 0 aromatic heterocycles. The molecule has 7 heteroatoms. The molecule has 2 N–H and O–H groups in total. The average Bonchev–Trinajstić information content (AvgIpc) is 2.70. The number of carbonyl (C=O) groups excluding carboxylic acids is 1. The van der Waals surface area contributed by atoms with Crippen molar-refractivity contribution in [1.82, 2.24) is 4.31 Å². The standard InChI is InChI=1S/C22H29N3O3S/c1-16-13-17(2)22(18(3)14-16)24-21(26)15-23-19-7-9-20(10-8-19)29(27,28)25-11-5-4-6-12-25/h7-10,13-14,23H,4-6,11-12,15H2,1-3H3,(H,24,26). The van der Waals surface area contributed by atoms with Crippen LogP contribution in [0.4, 0.5) is 11.4 Å². The molecule has 29 heavy (non-hydrogen) atoms. The summed E-state index contributed by atoms with van der Waals surface area (Å²) in [6, 6.07) is 10.7. The summed E-state index contributed by atoms with van der Waals surface area (Å²) in [5.41, 5.74) is 4.77. The number of rotatable bonds is 6. The molecule has 0 spiro atoms. The van der Waals surface area contributed by atoms with Crippen molar-refractivity contribution in [2.45, 2.75) is 44.9 Å². The molecule has 0 radical (unpaired) electrons. The van der Waals surface area contributed by atoms with Crippen LogP contribution in [0.3, 0.4) is 0 Å². The van der Waals surface area contributed by atoms with Gasteiger partial charge in [0.2, 0.25) is 15.9 Å². The summed E-state index contributed by atoms with van der Waals surface area (Å²) >= 11 is 0. The topological polar surface area (TPSA) is 78.5 Å². The predicted octanol–water partition coefficient (Wildman–Crippen LogP) is 3.84. The molecular weight excluding hydrogens is 386 g/mol. The predicted molar refractivity (Wildman–Crippen MR) is 117 cm³/mol. The first-order valence-corrected chi connectivity index (χ1v) is 11.4. The van der Waals surface area contributed by atoms with E-state index in [0.717, 1.165) is 41.6 Å². The molecule has 1 saturated heterocycles. The van der Waals surface area contributed by atoms with E-state index in [0.29, 0.717) is 23.7 Å². The van der Waals surface area contributed by atoms with Crippen molar-refractivity contribution in [1.29, 1.82) is 0 Å². The number of nitrogens with one attached hydrogen (secondary N) is 2. The van der Waals surface area contributed by atoms with Crippen LogP contribution in [0.25, 0.3) is 0 Å². The quantitative estimate of drug-likeness (QED) is 0.751. The van der Waals surface area contributed by atoms with E-state index in [1.807, 2.05) is 32.9 Å². The Hall–Kier alpha value is -2.38. The molecule has 156 valence electrons. The Morgan fingerprint density at radius 3 is 2.14 bits per heavy atom. The number of hydrogen-bond donors (Lipinski definition) is 2. The molecule has 0 unspecified atom stereocenters. The van der Waals surface area contributed by atoms with Crippen LogP contribution in [0.15, 0.2) is 41.3 Å². The highest BCUT2D eigenvalue weighted by Gasteiger charge is 2.25. The van der Waals surface area contributed by atoms with Gasteiger partial charge >= 0.3 is 0 Å². The molecule has 6 nitrogen and oxygen atoms in total. The van der Waals surface area contributed by atoms with Crippen LogP contribution >= 0.6 is 0 Å². The number of piperidine rings is 1. The number of hydrogen-bond acceptors (Lipinski definition) is 4. The Morgan fingerprint density at radius 2 is 1.55 bits per heavy atom. The minimum atomic E-state index is -3.44. The maximum atomic E-state index is 12.7. The summed E-state index contributed by atoms with van der Waals surface area (Å²) in [4.78, 5) is 12.6. The monoisotopic (exact) mass is 415 g/mol. The maximum Gasteiger partial charge on any atom is 0.243 e. The smallest absolute Gasteiger partial charge is 0.243 e. The second-order valence-corrected chi connectivity index (χ2v) is 9.60. The normalized spacial score (nSPS) is 15.1. The van der Waals surface area contributed by atoms with Crippen molar-refractivity contribution in [2.75, 3.05) is 30.3 Å². The highest BCUT2D eigenvalue weighted by molar-refractivity contribution is 7.89. The lowest BCUT2D eigenvalue weighted by molar-refractivity contribution is -0.114. The van der Waals surface area contributed by atoms with Crippen molar-refractivity contribution in [3.05, 3.63) is 53.1 Å². The minimum absolute atomic E-state index is 0.102. The Kier molecular flexibility index (Phi) is 6.59. The Balaban J connectivity index is 1.60. The summed E-state index contributed by atoms with van der Waals surface area (Å²) in [6.07, 6.45) is 2.90. The number of sulfonamides is 1. The molecule has 2 aromatic carbocycles. The first-order chi connectivity index (χ1) is 13.8. The van der Waals surface area contributed by atoms with Gasteiger partial charge in [0, 0.05) is 24.5 Å². The van der Waals surface area contributed by atoms with Crippen molar-refractivity contribution >= 4 is 27.3 Å². The van der Waals surface area contributed by atoms with Gasteiger partial charge in [0.05, 0.1) is 11.4 Å². The van der Waals surface area contributed by atoms with Gasteiger partial charge in [0.15, 0.2) is 0 Å². The van der Waals surface area contributed by atoms with Crippen LogP contribution in [0.1, 0.15) is 36.0 Å².